The second kappa shape index (κ2) is 10.3. The molecule has 5 rings (SSSR count). The van der Waals surface area contributed by atoms with Crippen molar-refractivity contribution in [1.29, 1.82) is 0 Å². The zero-order chi connectivity index (χ0) is 25.1. The number of hydrogen-bond acceptors (Lipinski definition) is 7. The Morgan fingerprint density at radius 3 is 2.50 bits per heavy atom. The van der Waals surface area contributed by atoms with Crippen molar-refractivity contribution in [2.45, 2.75) is 30.3 Å². The molecule has 0 aliphatic carbocycles. The lowest BCUT2D eigenvalue weighted by atomic mass is 9.98. The van der Waals surface area contributed by atoms with Crippen molar-refractivity contribution in [2.75, 3.05) is 19.3 Å². The Kier molecular flexibility index (Phi) is 6.93. The van der Waals surface area contributed by atoms with Crippen LogP contribution in [0.4, 0.5) is 4.79 Å². The number of carbonyl (C=O) groups excluding carboxylic acids is 1. The Morgan fingerprint density at radius 1 is 1.03 bits per heavy atom. The molecule has 1 amide bonds. The number of amides is 1. The van der Waals surface area contributed by atoms with Gasteiger partial charge in [-0.15, -0.1) is 11.3 Å². The van der Waals surface area contributed by atoms with Crippen molar-refractivity contribution < 1.29 is 22.7 Å². The highest BCUT2D eigenvalue weighted by Crippen LogP contribution is 2.32. The maximum Gasteiger partial charge on any atom is 0.415 e. The average molecular weight is 523 g/mol. The van der Waals surface area contributed by atoms with Crippen molar-refractivity contribution in [1.82, 2.24) is 9.88 Å². The first-order valence-electron chi connectivity index (χ1n) is 11.7. The minimum Gasteiger partial charge on any atom is -0.487 e. The Labute approximate surface area is 214 Å². The number of thiazole rings is 1. The fourth-order valence-corrected chi connectivity index (χ4v) is 5.88. The predicted molar refractivity (Wildman–Crippen MR) is 140 cm³/mol. The summed E-state index contributed by atoms with van der Waals surface area (Å²) in [7, 11) is -3.23. The maximum atomic E-state index is 12.8. The zero-order valence-corrected chi connectivity index (χ0v) is 21.4. The molecule has 0 unspecified atom stereocenters. The summed E-state index contributed by atoms with van der Waals surface area (Å²) in [5.74, 6) is 1.46. The largest absolute Gasteiger partial charge is 0.487 e. The van der Waals surface area contributed by atoms with Crippen LogP contribution in [0.25, 0.3) is 10.8 Å². The van der Waals surface area contributed by atoms with Crippen molar-refractivity contribution >= 4 is 38.0 Å². The summed E-state index contributed by atoms with van der Waals surface area (Å²) in [4.78, 5) is 19.6. The van der Waals surface area contributed by atoms with Crippen LogP contribution in [0.2, 0.25) is 0 Å². The van der Waals surface area contributed by atoms with Gasteiger partial charge in [0, 0.05) is 36.0 Å². The quantitative estimate of drug-likeness (QED) is 0.325. The van der Waals surface area contributed by atoms with Gasteiger partial charge in [0.2, 0.25) is 0 Å². The van der Waals surface area contributed by atoms with E-state index >= 15 is 0 Å². The summed E-state index contributed by atoms with van der Waals surface area (Å²) in [6.07, 6.45) is 2.51. The number of sulfone groups is 1. The second-order valence-electron chi connectivity index (χ2n) is 8.82. The molecule has 1 saturated heterocycles. The molecule has 9 heteroatoms. The number of likely N-dealkylation sites (tertiary alicyclic amines) is 1. The minimum absolute atomic E-state index is 0.262. The Morgan fingerprint density at radius 2 is 1.75 bits per heavy atom. The number of benzene rings is 3. The number of ether oxygens (including phenoxy) is 2. The maximum absolute atomic E-state index is 12.8. The monoisotopic (exact) mass is 522 g/mol. The summed E-state index contributed by atoms with van der Waals surface area (Å²) < 4.78 is 34.7. The Bertz CT molecular complexity index is 1470. The van der Waals surface area contributed by atoms with Gasteiger partial charge >= 0.3 is 6.09 Å². The minimum atomic E-state index is -3.23. The molecular weight excluding hydrogens is 496 g/mol. The molecule has 0 saturated carbocycles. The first kappa shape index (κ1) is 24.3. The van der Waals surface area contributed by atoms with Crippen LogP contribution in [0.5, 0.6) is 11.5 Å². The lowest BCUT2D eigenvalue weighted by Gasteiger charge is -2.30. The number of nitrogens with zero attached hydrogens (tertiary/aromatic N) is 2. The molecule has 1 fully saturated rings. The van der Waals surface area contributed by atoms with E-state index in [0.29, 0.717) is 37.1 Å². The Balaban J connectivity index is 1.13. The predicted octanol–water partition coefficient (Wildman–Crippen LogP) is 5.66. The van der Waals surface area contributed by atoms with E-state index in [-0.39, 0.29) is 11.0 Å². The van der Waals surface area contributed by atoms with E-state index in [9.17, 15) is 13.2 Å². The molecule has 1 aromatic heterocycles. The number of carbonyl (C=O) groups is 1. The molecule has 2 heterocycles. The van der Waals surface area contributed by atoms with Crippen LogP contribution in [-0.4, -0.2) is 43.7 Å². The molecule has 4 aromatic rings. The van der Waals surface area contributed by atoms with Gasteiger partial charge in [0.25, 0.3) is 0 Å². The van der Waals surface area contributed by atoms with Crippen molar-refractivity contribution in [2.24, 2.45) is 0 Å². The first-order valence-corrected chi connectivity index (χ1v) is 14.5. The van der Waals surface area contributed by atoms with E-state index in [2.05, 4.69) is 0 Å². The molecule has 1 aliphatic rings. The topological polar surface area (TPSA) is 85.8 Å². The van der Waals surface area contributed by atoms with Crippen molar-refractivity contribution in [3.05, 3.63) is 82.8 Å². The molecule has 0 spiro atoms. The van der Waals surface area contributed by atoms with Crippen LogP contribution in [0.3, 0.4) is 0 Å². The van der Waals surface area contributed by atoms with Crippen molar-refractivity contribution in [3.63, 3.8) is 0 Å². The molecule has 0 atom stereocenters. The molecule has 186 valence electrons. The van der Waals surface area contributed by atoms with Crippen LogP contribution in [0, 0.1) is 0 Å². The van der Waals surface area contributed by atoms with Gasteiger partial charge in [0.05, 0.1) is 15.6 Å². The number of rotatable bonds is 6. The van der Waals surface area contributed by atoms with Gasteiger partial charge in [0.15, 0.2) is 9.84 Å². The number of aromatic nitrogens is 1. The third kappa shape index (κ3) is 5.52. The third-order valence-corrected chi connectivity index (χ3v) is 8.44. The van der Waals surface area contributed by atoms with E-state index in [1.807, 2.05) is 47.8 Å². The molecule has 0 radical (unpaired) electrons. The highest BCUT2D eigenvalue weighted by atomic mass is 32.2. The van der Waals surface area contributed by atoms with Gasteiger partial charge < -0.3 is 14.4 Å². The SMILES string of the molecule is CS(=O)(=O)c1ccc(OCc2csc(C3CCN(C(=O)Oc4cccc5ccccc45)CC3)n2)cc1. The van der Waals surface area contributed by atoms with Crippen LogP contribution in [0.1, 0.15) is 29.5 Å². The highest BCUT2D eigenvalue weighted by molar-refractivity contribution is 7.90. The highest BCUT2D eigenvalue weighted by Gasteiger charge is 2.27. The fourth-order valence-electron chi connectivity index (χ4n) is 4.27. The molecule has 0 bridgehead atoms. The molecule has 36 heavy (non-hydrogen) atoms. The van der Waals surface area contributed by atoms with E-state index in [1.54, 1.807) is 28.4 Å². The van der Waals surface area contributed by atoms with Crippen LogP contribution < -0.4 is 9.47 Å². The van der Waals surface area contributed by atoms with E-state index in [0.717, 1.165) is 34.3 Å². The van der Waals surface area contributed by atoms with Gasteiger partial charge in [-0.3, -0.25) is 0 Å². The summed E-state index contributed by atoms with van der Waals surface area (Å²) in [5.41, 5.74) is 0.833. The van der Waals surface area contributed by atoms with E-state index in [4.69, 9.17) is 14.5 Å². The third-order valence-electron chi connectivity index (χ3n) is 6.26. The molecule has 3 aromatic carbocycles. The summed E-state index contributed by atoms with van der Waals surface area (Å²) in [6, 6.07) is 20.0. The van der Waals surface area contributed by atoms with Crippen LogP contribution >= 0.6 is 11.3 Å². The van der Waals surface area contributed by atoms with E-state index in [1.165, 1.54) is 18.4 Å². The number of piperidine rings is 1. The summed E-state index contributed by atoms with van der Waals surface area (Å²) >= 11 is 1.61. The van der Waals surface area contributed by atoms with Gasteiger partial charge in [-0.05, 0) is 48.6 Å². The lowest BCUT2D eigenvalue weighted by Crippen LogP contribution is -2.39. The first-order chi connectivity index (χ1) is 17.4. The fraction of sp³-hybridized carbons (Fsp3) is 0.259. The lowest BCUT2D eigenvalue weighted by molar-refractivity contribution is 0.139. The molecule has 0 N–H and O–H groups in total. The molecule has 1 aliphatic heterocycles. The smallest absolute Gasteiger partial charge is 0.415 e. The molecule has 7 nitrogen and oxygen atoms in total. The summed E-state index contributed by atoms with van der Waals surface area (Å²) in [6.45, 7) is 1.55. The van der Waals surface area contributed by atoms with Gasteiger partial charge in [-0.2, -0.15) is 0 Å². The van der Waals surface area contributed by atoms with Crippen molar-refractivity contribution in [3.8, 4) is 11.5 Å². The standard InChI is InChI=1S/C27H26N2O5S2/c1-36(31,32)23-11-9-22(10-12-23)33-17-21-18-35-26(28-21)20-13-15-29(16-14-20)27(30)34-25-8-4-6-19-5-2-3-7-24(19)25/h2-12,18,20H,13-17H2,1H3. The van der Waals surface area contributed by atoms with Gasteiger partial charge in [-0.1, -0.05) is 36.4 Å². The van der Waals surface area contributed by atoms with Gasteiger partial charge in [0.1, 0.15) is 18.1 Å². The second-order valence-corrected chi connectivity index (χ2v) is 11.7. The van der Waals surface area contributed by atoms with Crippen LogP contribution in [-0.2, 0) is 16.4 Å². The number of hydrogen-bond donors (Lipinski definition) is 0. The molecular formula is C27H26N2O5S2. The Hall–Kier alpha value is -3.43. The zero-order valence-electron chi connectivity index (χ0n) is 19.8. The summed E-state index contributed by atoms with van der Waals surface area (Å²) in [5, 5.41) is 4.99. The van der Waals surface area contributed by atoms with Crippen LogP contribution in [0.15, 0.2) is 77.0 Å². The van der Waals surface area contributed by atoms with E-state index < -0.39 is 9.84 Å². The average Bonchev–Trinajstić information content (AvgIpc) is 3.37. The number of fused-ring (bicyclic) bond motifs is 1. The van der Waals surface area contributed by atoms with Gasteiger partial charge in [-0.25, -0.2) is 18.2 Å². The normalized spacial score (nSPS) is 14.6.